The fourth-order valence-corrected chi connectivity index (χ4v) is 2.85. The van der Waals surface area contributed by atoms with Gasteiger partial charge in [-0.2, -0.15) is 0 Å². The lowest BCUT2D eigenvalue weighted by atomic mass is 10.3. The Hall–Kier alpha value is -1.58. The lowest BCUT2D eigenvalue weighted by molar-refractivity contribution is -0.432. The molecule has 0 amide bonds. The third kappa shape index (κ3) is 4.72. The Kier molecular flexibility index (Phi) is 6.69. The van der Waals surface area contributed by atoms with Gasteiger partial charge in [-0.15, -0.1) is 4.33 Å². The Morgan fingerprint density at radius 2 is 2.05 bits per heavy atom. The molecule has 0 fully saturated rings. The zero-order valence-electron chi connectivity index (χ0n) is 11.6. The van der Waals surface area contributed by atoms with Crippen molar-refractivity contribution in [1.29, 1.82) is 0 Å². The molecule has 0 saturated heterocycles. The van der Waals surface area contributed by atoms with E-state index in [0.29, 0.717) is 12.0 Å². The first-order valence-corrected chi connectivity index (χ1v) is 7.85. The van der Waals surface area contributed by atoms with Gasteiger partial charge >= 0.3 is 5.97 Å². The van der Waals surface area contributed by atoms with Crippen molar-refractivity contribution in [3.63, 3.8) is 0 Å². The number of carbonyl (C=O) groups excluding carboxylic acids is 1. The fraction of sp³-hybridized carbons (Fsp3) is 0.143. The monoisotopic (exact) mass is 339 g/mol. The molecular formula is C14H13NO5S2. The van der Waals surface area contributed by atoms with E-state index in [9.17, 15) is 4.79 Å². The minimum Gasteiger partial charge on any atom is -0.462 e. The molecule has 0 aliphatic carbocycles. The highest BCUT2D eigenvalue weighted by molar-refractivity contribution is 7.99. The second-order valence-electron chi connectivity index (χ2n) is 3.89. The lowest BCUT2D eigenvalue weighted by Crippen LogP contribution is -2.07. The van der Waals surface area contributed by atoms with E-state index in [1.54, 1.807) is 19.2 Å². The van der Waals surface area contributed by atoms with Gasteiger partial charge in [0.2, 0.25) is 0 Å². The van der Waals surface area contributed by atoms with E-state index in [1.165, 1.54) is 11.8 Å². The topological polar surface area (TPSA) is 77.9 Å². The normalized spacial score (nSPS) is 10.5. The van der Waals surface area contributed by atoms with Gasteiger partial charge in [0.15, 0.2) is 0 Å². The Morgan fingerprint density at radius 1 is 1.27 bits per heavy atom. The summed E-state index contributed by atoms with van der Waals surface area (Å²) in [6, 6.07) is 11.4. The van der Waals surface area contributed by atoms with Crippen molar-refractivity contribution >= 4 is 29.8 Å². The molecule has 2 aromatic rings. The largest absolute Gasteiger partial charge is 0.462 e. The molecule has 0 radical (unpaired) electrons. The molecule has 0 atom stereocenters. The second kappa shape index (κ2) is 8.76. The molecule has 0 unspecified atom stereocenters. The zero-order valence-corrected chi connectivity index (χ0v) is 13.2. The summed E-state index contributed by atoms with van der Waals surface area (Å²) in [5.74, 6) is -0.519. The molecular weight excluding hydrogens is 326 g/mol. The molecule has 1 aromatic carbocycles. The molecule has 0 aliphatic rings. The van der Waals surface area contributed by atoms with E-state index in [4.69, 9.17) is 9.99 Å². The highest BCUT2D eigenvalue weighted by Gasteiger charge is 2.17. The van der Waals surface area contributed by atoms with Crippen LogP contribution in [0.15, 0.2) is 57.4 Å². The third-order valence-corrected chi connectivity index (χ3v) is 4.02. The van der Waals surface area contributed by atoms with Crippen LogP contribution in [0.3, 0.4) is 0 Å². The average Bonchev–Trinajstić information content (AvgIpc) is 2.55. The Bertz CT molecular complexity index is 624. The maximum absolute atomic E-state index is 12.0. The van der Waals surface area contributed by atoms with Gasteiger partial charge in [-0.1, -0.05) is 35.0 Å². The zero-order chi connectivity index (χ0) is 15.8. The Labute approximate surface area is 135 Å². The van der Waals surface area contributed by atoms with E-state index in [2.05, 4.69) is 14.4 Å². The van der Waals surface area contributed by atoms with Gasteiger partial charge in [-0.25, -0.2) is 15.0 Å². The number of benzene rings is 1. The summed E-state index contributed by atoms with van der Waals surface area (Å²) in [4.78, 5) is 17.9. The van der Waals surface area contributed by atoms with Crippen LogP contribution >= 0.6 is 23.8 Å². The smallest absolute Gasteiger partial charge is 0.341 e. The van der Waals surface area contributed by atoms with Crippen molar-refractivity contribution in [3.05, 3.63) is 48.2 Å². The molecule has 22 heavy (non-hydrogen) atoms. The van der Waals surface area contributed by atoms with Crippen LogP contribution in [0.2, 0.25) is 0 Å². The number of hydrogen-bond donors (Lipinski definition) is 1. The Balaban J connectivity index is 2.25. The van der Waals surface area contributed by atoms with Gasteiger partial charge in [-0.05, 0) is 25.1 Å². The summed E-state index contributed by atoms with van der Waals surface area (Å²) in [6.07, 6.45) is 1.60. The predicted molar refractivity (Wildman–Crippen MR) is 81.4 cm³/mol. The molecule has 116 valence electrons. The van der Waals surface area contributed by atoms with Crippen LogP contribution in [-0.2, 0) is 14.1 Å². The number of aromatic nitrogens is 1. The van der Waals surface area contributed by atoms with Crippen LogP contribution in [0.1, 0.15) is 17.3 Å². The number of carbonyl (C=O) groups is 1. The van der Waals surface area contributed by atoms with Crippen LogP contribution in [0.5, 0.6) is 0 Å². The van der Waals surface area contributed by atoms with Crippen molar-refractivity contribution in [2.75, 3.05) is 6.61 Å². The van der Waals surface area contributed by atoms with E-state index in [0.717, 1.165) is 9.79 Å². The molecule has 8 heteroatoms. The van der Waals surface area contributed by atoms with Crippen molar-refractivity contribution in [3.8, 4) is 0 Å². The van der Waals surface area contributed by atoms with Crippen LogP contribution in [0.25, 0.3) is 0 Å². The predicted octanol–water partition coefficient (Wildman–Crippen LogP) is 3.84. The van der Waals surface area contributed by atoms with Crippen LogP contribution in [-0.4, -0.2) is 22.8 Å². The number of ether oxygens (including phenoxy) is 1. The summed E-state index contributed by atoms with van der Waals surface area (Å²) in [5.41, 5.74) is 0.241. The average molecular weight is 339 g/mol. The quantitative estimate of drug-likeness (QED) is 0.353. The number of pyridine rings is 1. The van der Waals surface area contributed by atoms with E-state index < -0.39 is 5.97 Å². The summed E-state index contributed by atoms with van der Waals surface area (Å²) in [5, 5.41) is 12.0. The standard InChI is InChI=1S/C14H13NO5S2/c1-2-18-14(16)12-8-11(9-15-13(12)22-20-19-17)21-10-6-4-3-5-7-10/h3-9,17H,2H2,1H3. The lowest BCUT2D eigenvalue weighted by Gasteiger charge is -2.08. The summed E-state index contributed by atoms with van der Waals surface area (Å²) in [7, 11) is 0. The number of nitrogens with zero attached hydrogens (tertiary/aromatic N) is 1. The van der Waals surface area contributed by atoms with Crippen molar-refractivity contribution < 1.29 is 24.2 Å². The van der Waals surface area contributed by atoms with E-state index in [-0.39, 0.29) is 17.2 Å². The van der Waals surface area contributed by atoms with Crippen LogP contribution in [0.4, 0.5) is 0 Å². The molecule has 6 nitrogen and oxygen atoms in total. The van der Waals surface area contributed by atoms with Gasteiger partial charge in [0.05, 0.1) is 24.2 Å². The second-order valence-corrected chi connectivity index (χ2v) is 5.72. The number of rotatable bonds is 7. The summed E-state index contributed by atoms with van der Waals surface area (Å²) < 4.78 is 9.34. The van der Waals surface area contributed by atoms with E-state index >= 15 is 0 Å². The Morgan fingerprint density at radius 3 is 2.73 bits per heavy atom. The molecule has 0 bridgehead atoms. The first-order chi connectivity index (χ1) is 10.7. The number of hydrogen-bond acceptors (Lipinski definition) is 8. The van der Waals surface area contributed by atoms with Gasteiger partial charge in [0, 0.05) is 16.0 Å². The molecule has 1 N–H and O–H groups in total. The van der Waals surface area contributed by atoms with Crippen molar-refractivity contribution in [2.45, 2.75) is 21.7 Å². The minimum absolute atomic E-state index is 0.241. The minimum atomic E-state index is -0.519. The van der Waals surface area contributed by atoms with Gasteiger partial charge in [0.25, 0.3) is 0 Å². The maximum Gasteiger partial charge on any atom is 0.341 e. The molecule has 0 spiro atoms. The molecule has 0 saturated carbocycles. The molecule has 1 heterocycles. The molecule has 0 aliphatic heterocycles. The SMILES string of the molecule is CCOC(=O)c1cc(Sc2ccccc2)cnc1SOOO. The first kappa shape index (κ1) is 16.8. The maximum atomic E-state index is 12.0. The molecule has 2 rings (SSSR count). The molecule has 1 aromatic heterocycles. The number of esters is 1. The summed E-state index contributed by atoms with van der Waals surface area (Å²) >= 11 is 2.09. The first-order valence-electron chi connectivity index (χ1n) is 6.29. The summed E-state index contributed by atoms with van der Waals surface area (Å²) in [6.45, 7) is 1.96. The van der Waals surface area contributed by atoms with E-state index in [1.807, 2.05) is 30.3 Å². The third-order valence-electron chi connectivity index (χ3n) is 2.44. The van der Waals surface area contributed by atoms with Crippen molar-refractivity contribution in [1.82, 2.24) is 4.98 Å². The van der Waals surface area contributed by atoms with Crippen LogP contribution in [0, 0.1) is 0 Å². The van der Waals surface area contributed by atoms with Crippen molar-refractivity contribution in [2.24, 2.45) is 0 Å². The van der Waals surface area contributed by atoms with Gasteiger partial charge < -0.3 is 4.74 Å². The fourth-order valence-electron chi connectivity index (χ4n) is 1.58. The van der Waals surface area contributed by atoms with Gasteiger partial charge in [0.1, 0.15) is 5.03 Å². The highest BCUT2D eigenvalue weighted by atomic mass is 32.2. The highest BCUT2D eigenvalue weighted by Crippen LogP contribution is 2.31. The van der Waals surface area contributed by atoms with Crippen LogP contribution < -0.4 is 0 Å². The van der Waals surface area contributed by atoms with Gasteiger partial charge in [-0.3, -0.25) is 0 Å².